The Balaban J connectivity index is 0. The van der Waals surface area contributed by atoms with Crippen LogP contribution in [0.4, 0.5) is 0 Å². The van der Waals surface area contributed by atoms with Crippen LogP contribution in [0.2, 0.25) is 0 Å². The number of nitrogens with two attached hydrogens (primary N) is 2. The normalized spacial score (nSPS) is 15.4. The fourth-order valence-corrected chi connectivity index (χ4v) is 1.71. The van der Waals surface area contributed by atoms with Gasteiger partial charge in [-0.3, -0.25) is 4.79 Å². The van der Waals surface area contributed by atoms with Crippen molar-refractivity contribution < 1.29 is 9.90 Å². The summed E-state index contributed by atoms with van der Waals surface area (Å²) >= 11 is 0. The molecule has 0 aliphatic heterocycles. The number of rotatable bonds is 3. The maximum atomic E-state index is 10.3. The Labute approximate surface area is 112 Å². The summed E-state index contributed by atoms with van der Waals surface area (Å²) in [6, 6.07) is -0.380. The molecule has 0 spiro atoms. The van der Waals surface area contributed by atoms with E-state index in [4.69, 9.17) is 16.6 Å². The maximum absolute atomic E-state index is 10.3. The molecule has 0 rings (SSSR count). The van der Waals surface area contributed by atoms with Crippen molar-refractivity contribution in [3.05, 3.63) is 0 Å². The molecule has 2 unspecified atom stereocenters. The molecule has 0 fully saturated rings. The van der Waals surface area contributed by atoms with Gasteiger partial charge in [-0.2, -0.15) is 0 Å². The van der Waals surface area contributed by atoms with Crippen LogP contribution >= 0.6 is 0 Å². The molecule has 0 amide bonds. The number of carboxylic acid groups (broad SMARTS) is 1. The van der Waals surface area contributed by atoms with Crippen LogP contribution in [0, 0.1) is 10.8 Å². The fraction of sp³-hybridized carbons (Fsp3) is 0.929. The van der Waals surface area contributed by atoms with E-state index in [0.717, 1.165) is 6.42 Å². The van der Waals surface area contributed by atoms with Crippen LogP contribution in [0.5, 0.6) is 0 Å². The standard InChI is InChI=1S/C7H15NO2.C7H17N/c1-7(2,3)4-5(8)6(9)10;1-6(8)5-7(2,3)4/h5H,4,8H2,1-3H3,(H,9,10);6H,5,8H2,1-4H3. The summed E-state index contributed by atoms with van der Waals surface area (Å²) < 4.78 is 0. The van der Waals surface area contributed by atoms with E-state index in [1.54, 1.807) is 0 Å². The predicted octanol–water partition coefficient (Wildman–Crippen LogP) is 2.60. The minimum absolute atomic E-state index is 0.00218. The Bertz CT molecular complexity index is 237. The van der Waals surface area contributed by atoms with Gasteiger partial charge in [0.05, 0.1) is 0 Å². The van der Waals surface area contributed by atoms with Crippen LogP contribution in [0.15, 0.2) is 0 Å². The zero-order chi connectivity index (χ0) is 15.1. The number of hydrogen-bond donors (Lipinski definition) is 3. The van der Waals surface area contributed by atoms with E-state index in [2.05, 4.69) is 20.8 Å². The summed E-state index contributed by atoms with van der Waals surface area (Å²) in [6.45, 7) is 14.6. The molecule has 4 heteroatoms. The van der Waals surface area contributed by atoms with Crippen molar-refractivity contribution in [3.63, 3.8) is 0 Å². The lowest BCUT2D eigenvalue weighted by Crippen LogP contribution is -2.34. The molecular formula is C14H32N2O2. The van der Waals surface area contributed by atoms with Crippen molar-refractivity contribution in [3.8, 4) is 0 Å². The van der Waals surface area contributed by atoms with Crippen molar-refractivity contribution in [2.24, 2.45) is 22.3 Å². The predicted molar refractivity (Wildman–Crippen MR) is 77.4 cm³/mol. The lowest BCUT2D eigenvalue weighted by atomic mass is 9.88. The SMILES string of the molecule is CC(C)(C)CC(N)C(=O)O.CC(N)CC(C)(C)C. The van der Waals surface area contributed by atoms with Crippen LogP contribution in [0.1, 0.15) is 61.3 Å². The van der Waals surface area contributed by atoms with E-state index in [-0.39, 0.29) is 5.41 Å². The molecule has 0 aliphatic carbocycles. The summed E-state index contributed by atoms with van der Waals surface area (Å²) in [5.74, 6) is -0.921. The average Bonchev–Trinajstić information content (AvgIpc) is 1.95. The van der Waals surface area contributed by atoms with Gasteiger partial charge in [-0.15, -0.1) is 0 Å². The highest BCUT2D eigenvalue weighted by Gasteiger charge is 2.20. The van der Waals surface area contributed by atoms with Gasteiger partial charge in [0.2, 0.25) is 0 Å². The topological polar surface area (TPSA) is 89.3 Å². The highest BCUT2D eigenvalue weighted by Crippen LogP contribution is 2.20. The van der Waals surface area contributed by atoms with E-state index in [1.165, 1.54) is 0 Å². The lowest BCUT2D eigenvalue weighted by Gasteiger charge is -2.20. The third-order valence-electron chi connectivity index (χ3n) is 2.08. The van der Waals surface area contributed by atoms with Crippen molar-refractivity contribution in [1.29, 1.82) is 0 Å². The van der Waals surface area contributed by atoms with Crippen molar-refractivity contribution in [1.82, 2.24) is 0 Å². The van der Waals surface area contributed by atoms with Crippen molar-refractivity contribution in [2.45, 2.75) is 73.4 Å². The Kier molecular flexibility index (Phi) is 8.49. The van der Waals surface area contributed by atoms with Gasteiger partial charge in [0.15, 0.2) is 0 Å². The Morgan fingerprint density at radius 2 is 1.33 bits per heavy atom. The van der Waals surface area contributed by atoms with E-state index in [9.17, 15) is 4.79 Å². The first-order chi connectivity index (χ1) is 7.74. The van der Waals surface area contributed by atoms with Crippen LogP contribution in [0.25, 0.3) is 0 Å². The number of aliphatic carboxylic acids is 1. The molecule has 110 valence electrons. The monoisotopic (exact) mass is 260 g/mol. The van der Waals surface area contributed by atoms with Gasteiger partial charge in [0, 0.05) is 6.04 Å². The summed E-state index contributed by atoms with van der Waals surface area (Å²) in [5.41, 5.74) is 11.3. The van der Waals surface area contributed by atoms with Gasteiger partial charge in [-0.1, -0.05) is 41.5 Å². The maximum Gasteiger partial charge on any atom is 0.320 e. The summed E-state index contributed by atoms with van der Waals surface area (Å²) in [6.07, 6.45) is 1.62. The van der Waals surface area contributed by atoms with Gasteiger partial charge < -0.3 is 16.6 Å². The second-order valence-electron chi connectivity index (χ2n) is 7.45. The molecule has 5 N–H and O–H groups in total. The molecule has 18 heavy (non-hydrogen) atoms. The molecule has 4 nitrogen and oxygen atoms in total. The molecule has 0 heterocycles. The summed E-state index contributed by atoms with van der Waals surface area (Å²) in [7, 11) is 0. The quantitative estimate of drug-likeness (QED) is 0.727. The van der Waals surface area contributed by atoms with E-state index < -0.39 is 12.0 Å². The van der Waals surface area contributed by atoms with Crippen LogP contribution in [-0.4, -0.2) is 23.2 Å². The molecule has 0 saturated heterocycles. The van der Waals surface area contributed by atoms with Gasteiger partial charge in [0.25, 0.3) is 0 Å². The lowest BCUT2D eigenvalue weighted by molar-refractivity contribution is -0.139. The molecule has 0 radical (unpaired) electrons. The minimum atomic E-state index is -0.921. The van der Waals surface area contributed by atoms with Gasteiger partial charge in [-0.25, -0.2) is 0 Å². The second kappa shape index (κ2) is 7.74. The Hall–Kier alpha value is -0.610. The fourth-order valence-electron chi connectivity index (χ4n) is 1.71. The zero-order valence-electron chi connectivity index (χ0n) is 13.1. The second-order valence-corrected chi connectivity index (χ2v) is 7.45. The Morgan fingerprint density at radius 3 is 1.39 bits per heavy atom. The molecule has 2 atom stereocenters. The molecule has 0 aromatic heterocycles. The van der Waals surface area contributed by atoms with Gasteiger partial charge in [-0.05, 0) is 30.6 Å². The molecule has 0 aromatic rings. The summed E-state index contributed by atoms with van der Waals surface area (Å²) in [5, 5.41) is 8.42. The van der Waals surface area contributed by atoms with Crippen LogP contribution in [-0.2, 0) is 4.79 Å². The van der Waals surface area contributed by atoms with Crippen LogP contribution < -0.4 is 11.5 Å². The number of carbonyl (C=O) groups is 1. The molecule has 0 bridgehead atoms. The third-order valence-corrected chi connectivity index (χ3v) is 2.08. The molecule has 0 saturated carbocycles. The molecule has 0 aromatic carbocycles. The molecule has 0 aliphatic rings. The van der Waals surface area contributed by atoms with Crippen LogP contribution in [0.3, 0.4) is 0 Å². The first kappa shape index (κ1) is 19.7. The number of hydrogen-bond acceptors (Lipinski definition) is 3. The smallest absolute Gasteiger partial charge is 0.320 e. The Morgan fingerprint density at radius 1 is 1.00 bits per heavy atom. The van der Waals surface area contributed by atoms with E-state index in [1.807, 2.05) is 27.7 Å². The van der Waals surface area contributed by atoms with E-state index in [0.29, 0.717) is 17.9 Å². The minimum Gasteiger partial charge on any atom is -0.480 e. The van der Waals surface area contributed by atoms with Crippen molar-refractivity contribution >= 4 is 5.97 Å². The summed E-state index contributed by atoms with van der Waals surface area (Å²) in [4.78, 5) is 10.3. The highest BCUT2D eigenvalue weighted by molar-refractivity contribution is 5.73. The van der Waals surface area contributed by atoms with E-state index >= 15 is 0 Å². The van der Waals surface area contributed by atoms with Crippen molar-refractivity contribution in [2.75, 3.05) is 0 Å². The van der Waals surface area contributed by atoms with Gasteiger partial charge in [0.1, 0.15) is 6.04 Å². The highest BCUT2D eigenvalue weighted by atomic mass is 16.4. The largest absolute Gasteiger partial charge is 0.480 e. The zero-order valence-corrected chi connectivity index (χ0v) is 13.1. The number of carboxylic acids is 1. The first-order valence-corrected chi connectivity index (χ1v) is 6.48. The first-order valence-electron chi connectivity index (χ1n) is 6.48. The molecular weight excluding hydrogens is 228 g/mol. The average molecular weight is 260 g/mol. The third kappa shape index (κ3) is 17.8. The van der Waals surface area contributed by atoms with Gasteiger partial charge >= 0.3 is 5.97 Å².